The van der Waals surface area contributed by atoms with E-state index in [0.29, 0.717) is 6.67 Å². The molecule has 27 heavy (non-hydrogen) atoms. The van der Waals surface area contributed by atoms with Crippen molar-refractivity contribution in [3.8, 4) is 0 Å². The van der Waals surface area contributed by atoms with Gasteiger partial charge in [0.15, 0.2) is 4.77 Å². The SMILES string of the molecule is Cc1nn(CN2CCN(c3ncccn3)CC2)c(=S)n1Cc1ccccc1. The van der Waals surface area contributed by atoms with Gasteiger partial charge >= 0.3 is 0 Å². The lowest BCUT2D eigenvalue weighted by Gasteiger charge is -2.34. The number of nitrogens with zero attached hydrogens (tertiary/aromatic N) is 7. The smallest absolute Gasteiger partial charge is 0.225 e. The van der Waals surface area contributed by atoms with Crippen molar-refractivity contribution in [2.45, 2.75) is 20.1 Å². The minimum absolute atomic E-state index is 0.713. The summed E-state index contributed by atoms with van der Waals surface area (Å²) in [5.41, 5.74) is 1.23. The number of piperazine rings is 1. The van der Waals surface area contributed by atoms with Gasteiger partial charge in [-0.2, -0.15) is 5.10 Å². The Morgan fingerprint density at radius 2 is 1.67 bits per heavy atom. The Balaban J connectivity index is 1.41. The largest absolute Gasteiger partial charge is 0.338 e. The lowest BCUT2D eigenvalue weighted by molar-refractivity contribution is 0.193. The van der Waals surface area contributed by atoms with Gasteiger partial charge in [-0.3, -0.25) is 9.47 Å². The number of benzene rings is 1. The molecule has 0 spiro atoms. The standard InChI is InChI=1S/C19H23N7S/c1-16-22-26(19(27)25(16)14-17-6-3-2-4-7-17)15-23-10-12-24(13-11-23)18-20-8-5-9-21-18/h2-9H,10-15H2,1H3. The molecule has 3 aromatic rings. The van der Waals surface area contributed by atoms with E-state index in [4.69, 9.17) is 12.2 Å². The van der Waals surface area contributed by atoms with Crippen LogP contribution in [0.5, 0.6) is 0 Å². The molecule has 0 amide bonds. The second kappa shape index (κ2) is 7.98. The van der Waals surface area contributed by atoms with E-state index in [0.717, 1.165) is 49.3 Å². The fourth-order valence-corrected chi connectivity index (χ4v) is 3.62. The summed E-state index contributed by atoms with van der Waals surface area (Å²) >= 11 is 5.69. The monoisotopic (exact) mass is 381 g/mol. The summed E-state index contributed by atoms with van der Waals surface area (Å²) in [4.78, 5) is 13.3. The lowest BCUT2D eigenvalue weighted by Crippen LogP contribution is -2.47. The van der Waals surface area contributed by atoms with Crippen LogP contribution in [0.4, 0.5) is 5.95 Å². The van der Waals surface area contributed by atoms with Crippen LogP contribution in [0.15, 0.2) is 48.8 Å². The zero-order valence-electron chi connectivity index (χ0n) is 15.4. The maximum Gasteiger partial charge on any atom is 0.225 e. The van der Waals surface area contributed by atoms with Crippen LogP contribution in [-0.2, 0) is 13.2 Å². The number of rotatable bonds is 5. The topological polar surface area (TPSA) is 55.0 Å². The summed E-state index contributed by atoms with van der Waals surface area (Å²) in [5.74, 6) is 1.75. The zero-order valence-corrected chi connectivity index (χ0v) is 16.2. The van der Waals surface area contributed by atoms with Crippen molar-refractivity contribution in [3.63, 3.8) is 0 Å². The van der Waals surface area contributed by atoms with E-state index < -0.39 is 0 Å². The highest BCUT2D eigenvalue weighted by Crippen LogP contribution is 2.12. The molecule has 2 aromatic heterocycles. The molecule has 1 aliphatic heterocycles. The second-order valence-corrected chi connectivity index (χ2v) is 7.06. The maximum atomic E-state index is 5.69. The van der Waals surface area contributed by atoms with Crippen LogP contribution in [0, 0.1) is 11.7 Å². The third-order valence-corrected chi connectivity index (χ3v) is 5.26. The van der Waals surface area contributed by atoms with E-state index >= 15 is 0 Å². The Morgan fingerprint density at radius 1 is 0.963 bits per heavy atom. The predicted molar refractivity (Wildman–Crippen MR) is 107 cm³/mol. The fourth-order valence-electron chi connectivity index (χ4n) is 3.32. The molecule has 0 aliphatic carbocycles. The van der Waals surface area contributed by atoms with Crippen LogP contribution in [0.1, 0.15) is 11.4 Å². The summed E-state index contributed by atoms with van der Waals surface area (Å²) in [7, 11) is 0. The first kappa shape index (κ1) is 17.8. The van der Waals surface area contributed by atoms with Gasteiger partial charge in [0, 0.05) is 38.6 Å². The maximum absolute atomic E-state index is 5.69. The molecular formula is C19H23N7S. The minimum Gasteiger partial charge on any atom is -0.338 e. The molecule has 1 aromatic carbocycles. The van der Waals surface area contributed by atoms with E-state index in [1.807, 2.05) is 23.7 Å². The van der Waals surface area contributed by atoms with Gasteiger partial charge in [0.25, 0.3) is 0 Å². The number of hydrogen-bond acceptors (Lipinski definition) is 6. The van der Waals surface area contributed by atoms with Crippen LogP contribution in [0.2, 0.25) is 0 Å². The van der Waals surface area contributed by atoms with Gasteiger partial charge in [-0.05, 0) is 30.8 Å². The van der Waals surface area contributed by atoms with E-state index in [1.165, 1.54) is 5.56 Å². The Bertz CT molecular complexity index is 928. The third kappa shape index (κ3) is 4.06. The highest BCUT2D eigenvalue weighted by Gasteiger charge is 2.20. The summed E-state index contributed by atoms with van der Waals surface area (Å²) in [5, 5.41) is 4.67. The van der Waals surface area contributed by atoms with Crippen molar-refractivity contribution in [3.05, 3.63) is 65.0 Å². The van der Waals surface area contributed by atoms with Gasteiger partial charge in [0.05, 0.1) is 13.2 Å². The van der Waals surface area contributed by atoms with Gasteiger partial charge in [-0.1, -0.05) is 30.3 Å². The molecule has 0 atom stereocenters. The Morgan fingerprint density at radius 3 is 2.37 bits per heavy atom. The average molecular weight is 382 g/mol. The van der Waals surface area contributed by atoms with Crippen molar-refractivity contribution in [1.82, 2.24) is 29.2 Å². The molecule has 3 heterocycles. The summed E-state index contributed by atoms with van der Waals surface area (Å²) in [6, 6.07) is 12.2. The number of anilines is 1. The molecule has 1 fully saturated rings. The van der Waals surface area contributed by atoms with E-state index in [1.54, 1.807) is 12.4 Å². The minimum atomic E-state index is 0.713. The van der Waals surface area contributed by atoms with E-state index in [9.17, 15) is 0 Å². The molecule has 1 aliphatic rings. The van der Waals surface area contributed by atoms with Crippen LogP contribution in [0.25, 0.3) is 0 Å². The normalized spacial score (nSPS) is 15.2. The van der Waals surface area contributed by atoms with Crippen molar-refractivity contribution in [2.24, 2.45) is 0 Å². The van der Waals surface area contributed by atoms with Crippen molar-refractivity contribution in [1.29, 1.82) is 0 Å². The number of aromatic nitrogens is 5. The summed E-state index contributed by atoms with van der Waals surface area (Å²) < 4.78 is 4.80. The molecular weight excluding hydrogens is 358 g/mol. The highest BCUT2D eigenvalue weighted by molar-refractivity contribution is 7.71. The first-order valence-corrected chi connectivity index (χ1v) is 9.54. The van der Waals surface area contributed by atoms with Crippen molar-refractivity contribution < 1.29 is 0 Å². The molecule has 4 rings (SSSR count). The molecule has 0 bridgehead atoms. The Kier molecular flexibility index (Phi) is 5.26. The summed E-state index contributed by atoms with van der Waals surface area (Å²) in [6.07, 6.45) is 3.58. The number of aryl methyl sites for hydroxylation is 1. The summed E-state index contributed by atoms with van der Waals surface area (Å²) in [6.45, 7) is 7.16. The molecule has 0 N–H and O–H groups in total. The van der Waals surface area contributed by atoms with Crippen LogP contribution in [0.3, 0.4) is 0 Å². The highest BCUT2D eigenvalue weighted by atomic mass is 32.1. The van der Waals surface area contributed by atoms with Gasteiger partial charge in [0.2, 0.25) is 5.95 Å². The van der Waals surface area contributed by atoms with Gasteiger partial charge in [-0.25, -0.2) is 14.6 Å². The third-order valence-electron chi connectivity index (χ3n) is 4.83. The molecule has 1 saturated heterocycles. The average Bonchev–Trinajstić information content (AvgIpc) is 2.97. The Hall–Kier alpha value is -2.58. The number of hydrogen-bond donors (Lipinski definition) is 0. The first-order valence-electron chi connectivity index (χ1n) is 9.13. The lowest BCUT2D eigenvalue weighted by atomic mass is 10.2. The fraction of sp³-hybridized carbons (Fsp3) is 0.368. The Labute approximate surface area is 163 Å². The molecule has 140 valence electrons. The van der Waals surface area contributed by atoms with Gasteiger partial charge in [-0.15, -0.1) is 0 Å². The predicted octanol–water partition coefficient (Wildman–Crippen LogP) is 2.34. The van der Waals surface area contributed by atoms with E-state index in [2.05, 4.69) is 53.7 Å². The quantitative estimate of drug-likeness (QED) is 0.633. The molecule has 0 radical (unpaired) electrons. The van der Waals surface area contributed by atoms with Crippen LogP contribution < -0.4 is 4.90 Å². The second-order valence-electron chi connectivity index (χ2n) is 6.70. The molecule has 7 nitrogen and oxygen atoms in total. The van der Waals surface area contributed by atoms with Crippen LogP contribution >= 0.6 is 12.2 Å². The van der Waals surface area contributed by atoms with Crippen LogP contribution in [-0.4, -0.2) is 55.4 Å². The molecule has 8 heteroatoms. The van der Waals surface area contributed by atoms with Crippen molar-refractivity contribution >= 4 is 18.2 Å². The van der Waals surface area contributed by atoms with E-state index in [-0.39, 0.29) is 0 Å². The molecule has 0 unspecified atom stereocenters. The van der Waals surface area contributed by atoms with Gasteiger partial charge in [0.1, 0.15) is 5.82 Å². The first-order chi connectivity index (χ1) is 13.2. The van der Waals surface area contributed by atoms with Gasteiger partial charge < -0.3 is 4.90 Å². The zero-order chi connectivity index (χ0) is 18.6. The van der Waals surface area contributed by atoms with Crippen molar-refractivity contribution in [2.75, 3.05) is 31.1 Å². The molecule has 0 saturated carbocycles.